The third-order valence-electron chi connectivity index (χ3n) is 2.41. The van der Waals surface area contributed by atoms with Gasteiger partial charge in [-0.1, -0.05) is 0 Å². The van der Waals surface area contributed by atoms with Crippen LogP contribution in [0.15, 0.2) is 18.3 Å². The van der Waals surface area contributed by atoms with Crippen LogP contribution in [0.2, 0.25) is 0 Å². The van der Waals surface area contributed by atoms with Gasteiger partial charge in [-0.2, -0.15) is 17.0 Å². The first kappa shape index (κ1) is 10.3. The van der Waals surface area contributed by atoms with E-state index in [9.17, 15) is 0 Å². The molecule has 1 fully saturated rings. The van der Waals surface area contributed by atoms with E-state index in [2.05, 4.69) is 10.3 Å². The number of pyridine rings is 1. The van der Waals surface area contributed by atoms with Crippen LogP contribution in [-0.4, -0.2) is 22.5 Å². The average molecular weight is 219 g/mol. The lowest BCUT2D eigenvalue weighted by Gasteiger charge is -2.23. The molecule has 1 aromatic rings. The van der Waals surface area contributed by atoms with Crippen LogP contribution in [0.5, 0.6) is 0 Å². The fourth-order valence-corrected chi connectivity index (χ4v) is 2.71. The molecule has 0 spiro atoms. The highest BCUT2D eigenvalue weighted by Gasteiger charge is 2.13. The quantitative estimate of drug-likeness (QED) is 0.829. The van der Waals surface area contributed by atoms with Gasteiger partial charge in [0.1, 0.15) is 11.8 Å². The maximum absolute atomic E-state index is 8.61. The van der Waals surface area contributed by atoms with Gasteiger partial charge >= 0.3 is 0 Å². The largest absolute Gasteiger partial charge is 0.380 e. The first-order valence-electron chi connectivity index (χ1n) is 5.09. The lowest BCUT2D eigenvalue weighted by Crippen LogP contribution is -2.25. The van der Waals surface area contributed by atoms with Gasteiger partial charge in [-0.05, 0) is 30.7 Å². The molecular weight excluding hydrogens is 206 g/mol. The number of nitrogens with one attached hydrogen (secondary N) is 1. The lowest BCUT2D eigenvalue weighted by molar-refractivity contribution is 0.685. The number of thioether (sulfide) groups is 1. The van der Waals surface area contributed by atoms with E-state index in [1.54, 1.807) is 12.3 Å². The predicted molar refractivity (Wildman–Crippen MR) is 62.9 cm³/mol. The Hall–Kier alpha value is -1.21. The van der Waals surface area contributed by atoms with Gasteiger partial charge in [0.15, 0.2) is 0 Å². The standard InChI is InChI=1S/C11H13N3S/c12-6-9-3-4-10(7-13-9)14-11-2-1-5-15-8-11/h3-4,7,11,14H,1-2,5,8H2. The molecule has 0 amide bonds. The van der Waals surface area contributed by atoms with E-state index in [1.165, 1.54) is 24.3 Å². The van der Waals surface area contributed by atoms with E-state index in [1.807, 2.05) is 23.9 Å². The first-order chi connectivity index (χ1) is 7.38. The number of rotatable bonds is 2. The van der Waals surface area contributed by atoms with E-state index in [0.717, 1.165) is 5.69 Å². The number of nitrogens with zero attached hydrogens (tertiary/aromatic N) is 2. The van der Waals surface area contributed by atoms with Crippen molar-refractivity contribution >= 4 is 17.4 Å². The minimum atomic E-state index is 0.471. The van der Waals surface area contributed by atoms with Crippen molar-refractivity contribution in [3.05, 3.63) is 24.0 Å². The SMILES string of the molecule is N#Cc1ccc(NC2CCCSC2)cn1. The summed E-state index contributed by atoms with van der Waals surface area (Å²) in [5.41, 5.74) is 1.49. The fraction of sp³-hybridized carbons (Fsp3) is 0.455. The Bertz CT molecular complexity index is 349. The maximum Gasteiger partial charge on any atom is 0.140 e. The molecule has 1 unspecified atom stereocenters. The summed E-state index contributed by atoms with van der Waals surface area (Å²) in [6, 6.07) is 6.24. The van der Waals surface area contributed by atoms with Gasteiger partial charge in [0.2, 0.25) is 0 Å². The second-order valence-corrected chi connectivity index (χ2v) is 4.75. The first-order valence-corrected chi connectivity index (χ1v) is 6.24. The molecule has 78 valence electrons. The lowest BCUT2D eigenvalue weighted by atomic mass is 10.2. The molecule has 0 saturated carbocycles. The molecule has 1 saturated heterocycles. The van der Waals surface area contributed by atoms with Crippen LogP contribution >= 0.6 is 11.8 Å². The van der Waals surface area contributed by atoms with Gasteiger partial charge in [0, 0.05) is 11.8 Å². The normalized spacial score (nSPS) is 20.6. The van der Waals surface area contributed by atoms with Crippen molar-refractivity contribution in [2.24, 2.45) is 0 Å². The van der Waals surface area contributed by atoms with E-state index < -0.39 is 0 Å². The third-order valence-corrected chi connectivity index (χ3v) is 3.62. The van der Waals surface area contributed by atoms with Crippen molar-refractivity contribution in [3.63, 3.8) is 0 Å². The van der Waals surface area contributed by atoms with Crippen LogP contribution in [0.3, 0.4) is 0 Å². The number of hydrogen-bond acceptors (Lipinski definition) is 4. The highest BCUT2D eigenvalue weighted by molar-refractivity contribution is 7.99. The minimum absolute atomic E-state index is 0.471. The van der Waals surface area contributed by atoms with E-state index in [4.69, 9.17) is 5.26 Å². The molecule has 1 aromatic heterocycles. The monoisotopic (exact) mass is 219 g/mol. The van der Waals surface area contributed by atoms with Crippen LogP contribution in [0.1, 0.15) is 18.5 Å². The second-order valence-electron chi connectivity index (χ2n) is 3.60. The van der Waals surface area contributed by atoms with Crippen molar-refractivity contribution in [2.75, 3.05) is 16.8 Å². The Morgan fingerprint density at radius 3 is 3.07 bits per heavy atom. The molecule has 1 aliphatic rings. The Labute approximate surface area is 93.9 Å². The van der Waals surface area contributed by atoms with Crippen molar-refractivity contribution in [1.82, 2.24) is 4.98 Å². The van der Waals surface area contributed by atoms with Crippen LogP contribution in [0.4, 0.5) is 5.69 Å². The summed E-state index contributed by atoms with van der Waals surface area (Å²) in [5, 5.41) is 12.1. The summed E-state index contributed by atoms with van der Waals surface area (Å²) in [6.45, 7) is 0. The predicted octanol–water partition coefficient (Wildman–Crippen LogP) is 2.26. The summed E-state index contributed by atoms with van der Waals surface area (Å²) in [7, 11) is 0. The molecule has 1 atom stereocenters. The van der Waals surface area contributed by atoms with Crippen LogP contribution in [-0.2, 0) is 0 Å². The Balaban J connectivity index is 1.95. The fourth-order valence-electron chi connectivity index (χ4n) is 1.64. The Morgan fingerprint density at radius 1 is 1.53 bits per heavy atom. The van der Waals surface area contributed by atoms with E-state index in [-0.39, 0.29) is 0 Å². The second kappa shape index (κ2) is 5.04. The smallest absolute Gasteiger partial charge is 0.140 e. The van der Waals surface area contributed by atoms with Gasteiger partial charge in [0.05, 0.1) is 11.9 Å². The van der Waals surface area contributed by atoms with Crippen molar-refractivity contribution in [2.45, 2.75) is 18.9 Å². The zero-order valence-corrected chi connectivity index (χ0v) is 9.26. The number of aromatic nitrogens is 1. The highest BCUT2D eigenvalue weighted by atomic mass is 32.2. The van der Waals surface area contributed by atoms with Gasteiger partial charge in [-0.3, -0.25) is 0 Å². The highest BCUT2D eigenvalue weighted by Crippen LogP contribution is 2.20. The van der Waals surface area contributed by atoms with Gasteiger partial charge < -0.3 is 5.32 Å². The number of nitriles is 1. The van der Waals surface area contributed by atoms with Crippen LogP contribution in [0.25, 0.3) is 0 Å². The molecule has 0 bridgehead atoms. The molecule has 0 aromatic carbocycles. The average Bonchev–Trinajstić information content (AvgIpc) is 2.31. The zero-order valence-electron chi connectivity index (χ0n) is 8.44. The van der Waals surface area contributed by atoms with E-state index >= 15 is 0 Å². The maximum atomic E-state index is 8.61. The summed E-state index contributed by atoms with van der Waals surface area (Å²) in [6.07, 6.45) is 4.25. The topological polar surface area (TPSA) is 48.7 Å². The molecule has 3 nitrogen and oxygen atoms in total. The van der Waals surface area contributed by atoms with Crippen LogP contribution in [0, 0.1) is 11.3 Å². The molecule has 0 radical (unpaired) electrons. The zero-order chi connectivity index (χ0) is 10.5. The van der Waals surface area contributed by atoms with Gasteiger partial charge in [0.25, 0.3) is 0 Å². The summed E-state index contributed by atoms with van der Waals surface area (Å²) in [5.74, 6) is 2.45. The number of hydrogen-bond donors (Lipinski definition) is 1. The Kier molecular flexibility index (Phi) is 3.46. The summed E-state index contributed by atoms with van der Waals surface area (Å²) < 4.78 is 0. The summed E-state index contributed by atoms with van der Waals surface area (Å²) >= 11 is 1.99. The molecule has 4 heteroatoms. The third kappa shape index (κ3) is 2.87. The minimum Gasteiger partial charge on any atom is -0.380 e. The van der Waals surface area contributed by atoms with Crippen molar-refractivity contribution < 1.29 is 0 Å². The molecule has 2 rings (SSSR count). The summed E-state index contributed by atoms with van der Waals surface area (Å²) in [4.78, 5) is 4.03. The van der Waals surface area contributed by atoms with Gasteiger partial charge in [-0.25, -0.2) is 4.98 Å². The Morgan fingerprint density at radius 2 is 2.47 bits per heavy atom. The molecule has 0 aliphatic carbocycles. The molecular formula is C11H13N3S. The van der Waals surface area contributed by atoms with Crippen molar-refractivity contribution in [1.29, 1.82) is 5.26 Å². The molecule has 1 aliphatic heterocycles. The van der Waals surface area contributed by atoms with Crippen molar-refractivity contribution in [3.8, 4) is 6.07 Å². The molecule has 1 N–H and O–H groups in total. The molecule has 2 heterocycles. The molecule has 15 heavy (non-hydrogen) atoms. The van der Waals surface area contributed by atoms with E-state index in [0.29, 0.717) is 11.7 Å². The number of anilines is 1. The van der Waals surface area contributed by atoms with Crippen LogP contribution < -0.4 is 5.32 Å². The van der Waals surface area contributed by atoms with Gasteiger partial charge in [-0.15, -0.1) is 0 Å².